The van der Waals surface area contributed by atoms with E-state index in [2.05, 4.69) is 25.1 Å². The molecule has 1 rings (SSSR count). The van der Waals surface area contributed by atoms with Crippen LogP contribution in [0.4, 0.5) is 0 Å². The standard InChI is InChI=1S/C18H27NS/c1-2-3-4-5-6-7-8-9-10-15-20-18-13-11-17(16-19)12-14-18/h11-14H,2-10,15H2,1H3. The second-order valence-corrected chi connectivity index (χ2v) is 6.48. The van der Waals surface area contributed by atoms with Gasteiger partial charge < -0.3 is 0 Å². The third-order valence-electron chi connectivity index (χ3n) is 3.50. The summed E-state index contributed by atoms with van der Waals surface area (Å²) in [5.74, 6) is 1.20. The summed E-state index contributed by atoms with van der Waals surface area (Å²) < 4.78 is 0. The lowest BCUT2D eigenvalue weighted by molar-refractivity contribution is 0.573. The van der Waals surface area contributed by atoms with Crippen LogP contribution < -0.4 is 0 Å². The van der Waals surface area contributed by atoms with E-state index in [0.717, 1.165) is 5.56 Å². The number of benzene rings is 1. The minimum absolute atomic E-state index is 0.748. The molecule has 0 aliphatic heterocycles. The Bertz CT molecular complexity index is 377. The molecule has 0 bridgehead atoms. The van der Waals surface area contributed by atoms with Crippen LogP contribution in [0.5, 0.6) is 0 Å². The Kier molecular flexibility index (Phi) is 10.1. The molecule has 0 fully saturated rings. The Hall–Kier alpha value is -0.940. The van der Waals surface area contributed by atoms with Crippen molar-refractivity contribution in [3.63, 3.8) is 0 Å². The van der Waals surface area contributed by atoms with Crippen LogP contribution >= 0.6 is 11.8 Å². The number of unbranched alkanes of at least 4 members (excludes halogenated alkanes) is 8. The molecule has 0 aliphatic carbocycles. The van der Waals surface area contributed by atoms with Gasteiger partial charge in [0, 0.05) is 4.90 Å². The Morgan fingerprint density at radius 3 is 1.95 bits per heavy atom. The molecule has 20 heavy (non-hydrogen) atoms. The molecular weight excluding hydrogens is 262 g/mol. The van der Waals surface area contributed by atoms with Crippen molar-refractivity contribution in [2.75, 3.05) is 5.75 Å². The molecule has 0 saturated carbocycles. The highest BCUT2D eigenvalue weighted by molar-refractivity contribution is 7.99. The van der Waals surface area contributed by atoms with Crippen LogP contribution in [0.25, 0.3) is 0 Å². The van der Waals surface area contributed by atoms with Crippen LogP contribution in [0.1, 0.15) is 70.3 Å². The first-order chi connectivity index (χ1) is 9.86. The Morgan fingerprint density at radius 2 is 1.40 bits per heavy atom. The van der Waals surface area contributed by atoms with E-state index in [1.807, 2.05) is 23.9 Å². The molecule has 110 valence electrons. The maximum Gasteiger partial charge on any atom is 0.0991 e. The monoisotopic (exact) mass is 289 g/mol. The molecule has 0 unspecified atom stereocenters. The largest absolute Gasteiger partial charge is 0.192 e. The Balaban J connectivity index is 1.93. The van der Waals surface area contributed by atoms with Gasteiger partial charge in [-0.1, -0.05) is 58.3 Å². The molecule has 0 heterocycles. The lowest BCUT2D eigenvalue weighted by atomic mass is 10.1. The van der Waals surface area contributed by atoms with Crippen molar-refractivity contribution < 1.29 is 0 Å². The molecule has 0 amide bonds. The van der Waals surface area contributed by atoms with Crippen molar-refractivity contribution in [3.05, 3.63) is 29.8 Å². The lowest BCUT2D eigenvalue weighted by Gasteiger charge is -2.03. The minimum Gasteiger partial charge on any atom is -0.192 e. The maximum absolute atomic E-state index is 8.74. The first-order valence-electron chi connectivity index (χ1n) is 7.99. The topological polar surface area (TPSA) is 23.8 Å². The van der Waals surface area contributed by atoms with E-state index in [1.165, 1.54) is 68.4 Å². The molecule has 0 N–H and O–H groups in total. The van der Waals surface area contributed by atoms with Gasteiger partial charge in [-0.2, -0.15) is 5.26 Å². The zero-order valence-electron chi connectivity index (χ0n) is 12.7. The van der Waals surface area contributed by atoms with Gasteiger partial charge in [0.15, 0.2) is 0 Å². The van der Waals surface area contributed by atoms with Crippen molar-refractivity contribution >= 4 is 11.8 Å². The quantitative estimate of drug-likeness (QED) is 0.358. The fraction of sp³-hybridized carbons (Fsp3) is 0.611. The van der Waals surface area contributed by atoms with Gasteiger partial charge in [-0.3, -0.25) is 0 Å². The average molecular weight is 289 g/mol. The summed E-state index contributed by atoms with van der Waals surface area (Å²) in [4.78, 5) is 1.28. The first-order valence-corrected chi connectivity index (χ1v) is 8.98. The number of thioether (sulfide) groups is 1. The number of rotatable bonds is 11. The molecular formula is C18H27NS. The fourth-order valence-corrected chi connectivity index (χ4v) is 3.14. The van der Waals surface area contributed by atoms with Gasteiger partial charge in [0.25, 0.3) is 0 Å². The third-order valence-corrected chi connectivity index (χ3v) is 4.60. The number of nitriles is 1. The highest BCUT2D eigenvalue weighted by Gasteiger charge is 1.96. The Morgan fingerprint density at radius 1 is 0.850 bits per heavy atom. The van der Waals surface area contributed by atoms with Crippen molar-refractivity contribution in [1.29, 1.82) is 5.26 Å². The highest BCUT2D eigenvalue weighted by Crippen LogP contribution is 2.20. The summed E-state index contributed by atoms with van der Waals surface area (Å²) in [5, 5.41) is 8.74. The molecule has 1 aromatic rings. The number of nitrogens with zero attached hydrogens (tertiary/aromatic N) is 1. The molecule has 0 radical (unpaired) electrons. The zero-order valence-corrected chi connectivity index (χ0v) is 13.6. The van der Waals surface area contributed by atoms with Crippen molar-refractivity contribution in [2.45, 2.75) is 69.6 Å². The molecule has 0 aliphatic rings. The first kappa shape index (κ1) is 17.1. The SMILES string of the molecule is CCCCCCCCCCCSc1ccc(C#N)cc1. The lowest BCUT2D eigenvalue weighted by Crippen LogP contribution is -1.84. The molecule has 2 heteroatoms. The van der Waals surface area contributed by atoms with E-state index >= 15 is 0 Å². The zero-order chi connectivity index (χ0) is 14.5. The highest BCUT2D eigenvalue weighted by atomic mass is 32.2. The second kappa shape index (κ2) is 11.9. The van der Waals surface area contributed by atoms with Gasteiger partial charge in [-0.15, -0.1) is 11.8 Å². The van der Waals surface area contributed by atoms with Gasteiger partial charge in [0.1, 0.15) is 0 Å². The van der Waals surface area contributed by atoms with Gasteiger partial charge in [0.05, 0.1) is 11.6 Å². The molecule has 0 aromatic heterocycles. The van der Waals surface area contributed by atoms with E-state index < -0.39 is 0 Å². The summed E-state index contributed by atoms with van der Waals surface area (Å²) in [5.41, 5.74) is 0.748. The van der Waals surface area contributed by atoms with Crippen LogP contribution in [-0.4, -0.2) is 5.75 Å². The third kappa shape index (κ3) is 8.27. The predicted molar refractivity (Wildman–Crippen MR) is 89.1 cm³/mol. The van der Waals surface area contributed by atoms with Gasteiger partial charge in [-0.25, -0.2) is 0 Å². The van der Waals surface area contributed by atoms with Crippen molar-refractivity contribution in [3.8, 4) is 6.07 Å². The predicted octanol–water partition coefficient (Wildman–Crippen LogP) is 6.18. The maximum atomic E-state index is 8.74. The fourth-order valence-electron chi connectivity index (χ4n) is 2.23. The van der Waals surface area contributed by atoms with E-state index in [1.54, 1.807) is 0 Å². The van der Waals surface area contributed by atoms with Crippen LogP contribution in [0.3, 0.4) is 0 Å². The summed E-state index contributed by atoms with van der Waals surface area (Å²) in [6.07, 6.45) is 12.5. The van der Waals surface area contributed by atoms with E-state index in [9.17, 15) is 0 Å². The van der Waals surface area contributed by atoms with Gasteiger partial charge >= 0.3 is 0 Å². The van der Waals surface area contributed by atoms with Gasteiger partial charge in [-0.05, 0) is 36.4 Å². The molecule has 0 spiro atoms. The number of hydrogen-bond donors (Lipinski definition) is 0. The molecule has 0 saturated heterocycles. The van der Waals surface area contributed by atoms with Crippen LogP contribution in [0, 0.1) is 11.3 Å². The van der Waals surface area contributed by atoms with Crippen LogP contribution in [0.2, 0.25) is 0 Å². The van der Waals surface area contributed by atoms with Crippen molar-refractivity contribution in [2.24, 2.45) is 0 Å². The van der Waals surface area contributed by atoms with E-state index in [-0.39, 0.29) is 0 Å². The average Bonchev–Trinajstić information content (AvgIpc) is 2.50. The van der Waals surface area contributed by atoms with E-state index in [0.29, 0.717) is 0 Å². The number of hydrogen-bond acceptors (Lipinski definition) is 2. The minimum atomic E-state index is 0.748. The summed E-state index contributed by atoms with van der Waals surface area (Å²) in [6.45, 7) is 2.27. The second-order valence-electron chi connectivity index (χ2n) is 5.31. The van der Waals surface area contributed by atoms with Gasteiger partial charge in [0.2, 0.25) is 0 Å². The summed E-state index contributed by atoms with van der Waals surface area (Å²) in [6, 6.07) is 10.1. The smallest absolute Gasteiger partial charge is 0.0991 e. The summed E-state index contributed by atoms with van der Waals surface area (Å²) >= 11 is 1.91. The van der Waals surface area contributed by atoms with Crippen molar-refractivity contribution in [1.82, 2.24) is 0 Å². The summed E-state index contributed by atoms with van der Waals surface area (Å²) in [7, 11) is 0. The van der Waals surface area contributed by atoms with E-state index in [4.69, 9.17) is 5.26 Å². The molecule has 1 nitrogen and oxygen atoms in total. The molecule has 1 aromatic carbocycles. The van der Waals surface area contributed by atoms with Crippen LogP contribution in [-0.2, 0) is 0 Å². The molecule has 0 atom stereocenters. The normalized spacial score (nSPS) is 10.4. The van der Waals surface area contributed by atoms with Crippen LogP contribution in [0.15, 0.2) is 29.2 Å². The Labute approximate surface area is 128 Å².